The van der Waals surface area contributed by atoms with E-state index in [-0.39, 0.29) is 11.8 Å². The van der Waals surface area contributed by atoms with E-state index in [1.165, 1.54) is 0 Å². The predicted octanol–water partition coefficient (Wildman–Crippen LogP) is 0.594. The highest BCUT2D eigenvalue weighted by Gasteiger charge is 2.51. The number of carbonyl (C=O) groups is 2. The van der Waals surface area contributed by atoms with E-state index in [0.717, 1.165) is 0 Å². The van der Waals surface area contributed by atoms with Crippen molar-refractivity contribution in [3.63, 3.8) is 0 Å². The predicted molar refractivity (Wildman–Crippen MR) is 43.0 cm³/mol. The van der Waals surface area contributed by atoms with Crippen LogP contribution >= 0.6 is 0 Å². The van der Waals surface area contributed by atoms with Gasteiger partial charge in [-0.25, -0.2) is 0 Å². The van der Waals surface area contributed by atoms with Crippen LogP contribution in [0.25, 0.3) is 0 Å². The average Bonchev–Trinajstić information content (AvgIpc) is 2.60. The highest BCUT2D eigenvalue weighted by molar-refractivity contribution is 5.82. The summed E-state index contributed by atoms with van der Waals surface area (Å²) in [5.74, 6) is -3.53. The normalized spacial score (nSPS) is 40.9. The summed E-state index contributed by atoms with van der Waals surface area (Å²) in [6, 6.07) is 0. The fourth-order valence-electron chi connectivity index (χ4n) is 2.50. The highest BCUT2D eigenvalue weighted by Crippen LogP contribution is 2.48. The molecule has 13 heavy (non-hydrogen) atoms. The van der Waals surface area contributed by atoms with Gasteiger partial charge in [-0.05, 0) is 18.3 Å². The second kappa shape index (κ2) is 2.58. The lowest BCUT2D eigenvalue weighted by Crippen LogP contribution is -2.32. The van der Waals surface area contributed by atoms with Gasteiger partial charge in [0.05, 0.1) is 11.8 Å². The van der Waals surface area contributed by atoms with Crippen molar-refractivity contribution in [2.24, 2.45) is 23.7 Å². The molecular weight excluding hydrogens is 172 g/mol. The first-order valence-electron chi connectivity index (χ1n) is 4.25. The Bertz CT molecular complexity index is 266. The molecule has 4 nitrogen and oxygen atoms in total. The first kappa shape index (κ1) is 8.29. The minimum absolute atomic E-state index is 0.0661. The van der Waals surface area contributed by atoms with Crippen LogP contribution in [0.2, 0.25) is 0 Å². The summed E-state index contributed by atoms with van der Waals surface area (Å²) in [4.78, 5) is 21.6. The summed E-state index contributed by atoms with van der Waals surface area (Å²) in [5.41, 5.74) is 0. The molecule has 70 valence electrons. The molecule has 4 atom stereocenters. The Kier molecular flexibility index (Phi) is 1.65. The number of hydrogen-bond donors (Lipinski definition) is 2. The van der Waals surface area contributed by atoms with Gasteiger partial charge in [-0.3, -0.25) is 9.59 Å². The zero-order valence-corrected chi connectivity index (χ0v) is 6.88. The van der Waals surface area contributed by atoms with Crippen molar-refractivity contribution in [2.45, 2.75) is 6.42 Å². The molecular formula is C9H10O4. The number of rotatable bonds is 2. The van der Waals surface area contributed by atoms with Crippen molar-refractivity contribution in [1.82, 2.24) is 0 Å². The van der Waals surface area contributed by atoms with Crippen LogP contribution in [0.5, 0.6) is 0 Å². The molecule has 2 rings (SSSR count). The summed E-state index contributed by atoms with van der Waals surface area (Å²) < 4.78 is 0. The Morgan fingerprint density at radius 1 is 1.00 bits per heavy atom. The third-order valence-corrected chi connectivity index (χ3v) is 3.03. The molecule has 0 aromatic carbocycles. The largest absolute Gasteiger partial charge is 0.481 e. The Balaban J connectivity index is 2.30. The maximum Gasteiger partial charge on any atom is 0.307 e. The highest BCUT2D eigenvalue weighted by atomic mass is 16.4. The Morgan fingerprint density at radius 2 is 1.38 bits per heavy atom. The van der Waals surface area contributed by atoms with Gasteiger partial charge in [0, 0.05) is 0 Å². The van der Waals surface area contributed by atoms with Crippen molar-refractivity contribution in [3.8, 4) is 0 Å². The molecule has 0 amide bonds. The maximum absolute atomic E-state index is 10.8. The summed E-state index contributed by atoms with van der Waals surface area (Å²) in [5, 5.41) is 17.7. The van der Waals surface area contributed by atoms with Crippen molar-refractivity contribution in [3.05, 3.63) is 12.2 Å². The number of fused-ring (bicyclic) bond motifs is 2. The SMILES string of the molecule is O=C(O)C1C(C(=O)O)[C@H]2C=C[C@H]1C2. The van der Waals surface area contributed by atoms with E-state index in [1.807, 2.05) is 12.2 Å². The van der Waals surface area contributed by atoms with Crippen molar-refractivity contribution >= 4 is 11.9 Å². The van der Waals surface area contributed by atoms with E-state index < -0.39 is 23.8 Å². The molecule has 4 heteroatoms. The van der Waals surface area contributed by atoms with Crippen LogP contribution in [0.3, 0.4) is 0 Å². The molecule has 2 N–H and O–H groups in total. The van der Waals surface area contributed by atoms with Crippen LogP contribution in [-0.2, 0) is 9.59 Å². The third-order valence-electron chi connectivity index (χ3n) is 3.03. The van der Waals surface area contributed by atoms with Crippen LogP contribution in [0.15, 0.2) is 12.2 Å². The summed E-state index contributed by atoms with van der Waals surface area (Å²) in [6.07, 6.45) is 4.36. The van der Waals surface area contributed by atoms with E-state index >= 15 is 0 Å². The molecule has 1 fully saturated rings. The molecule has 2 aliphatic rings. The van der Waals surface area contributed by atoms with Gasteiger partial charge in [0.25, 0.3) is 0 Å². The zero-order chi connectivity index (χ0) is 9.59. The number of carboxylic acids is 2. The van der Waals surface area contributed by atoms with Gasteiger partial charge in [0.2, 0.25) is 0 Å². The number of hydrogen-bond acceptors (Lipinski definition) is 2. The lowest BCUT2D eigenvalue weighted by atomic mass is 9.83. The van der Waals surface area contributed by atoms with Gasteiger partial charge < -0.3 is 10.2 Å². The number of allylic oxidation sites excluding steroid dienone is 2. The van der Waals surface area contributed by atoms with Gasteiger partial charge >= 0.3 is 11.9 Å². The molecule has 2 bridgehead atoms. The molecule has 0 heterocycles. The minimum Gasteiger partial charge on any atom is -0.481 e. The van der Waals surface area contributed by atoms with E-state index in [1.54, 1.807) is 0 Å². The molecule has 0 aromatic rings. The lowest BCUT2D eigenvalue weighted by molar-refractivity contribution is -0.154. The van der Waals surface area contributed by atoms with Crippen molar-refractivity contribution in [2.75, 3.05) is 0 Å². The van der Waals surface area contributed by atoms with E-state index in [4.69, 9.17) is 10.2 Å². The second-order valence-electron chi connectivity index (χ2n) is 3.68. The lowest BCUT2D eigenvalue weighted by Gasteiger charge is -2.20. The molecule has 0 spiro atoms. The molecule has 0 radical (unpaired) electrons. The van der Waals surface area contributed by atoms with Crippen LogP contribution in [0, 0.1) is 23.7 Å². The first-order chi connectivity index (χ1) is 6.11. The topological polar surface area (TPSA) is 74.6 Å². The summed E-state index contributed by atoms with van der Waals surface area (Å²) >= 11 is 0. The third kappa shape index (κ3) is 1.05. The van der Waals surface area contributed by atoms with E-state index in [2.05, 4.69) is 0 Å². The summed E-state index contributed by atoms with van der Waals surface area (Å²) in [7, 11) is 0. The average molecular weight is 182 g/mol. The van der Waals surface area contributed by atoms with Crippen LogP contribution in [0.4, 0.5) is 0 Å². The quantitative estimate of drug-likeness (QED) is 0.613. The van der Waals surface area contributed by atoms with E-state index in [0.29, 0.717) is 6.42 Å². The first-order valence-corrected chi connectivity index (χ1v) is 4.25. The Morgan fingerprint density at radius 3 is 1.69 bits per heavy atom. The monoisotopic (exact) mass is 182 g/mol. The van der Waals surface area contributed by atoms with Crippen LogP contribution in [0.1, 0.15) is 6.42 Å². The minimum atomic E-state index is -0.982. The molecule has 0 aliphatic heterocycles. The van der Waals surface area contributed by atoms with E-state index in [9.17, 15) is 9.59 Å². The molecule has 1 saturated carbocycles. The number of aliphatic carboxylic acids is 2. The molecule has 2 aliphatic carbocycles. The van der Waals surface area contributed by atoms with Gasteiger partial charge in [-0.1, -0.05) is 12.2 Å². The maximum atomic E-state index is 10.8. The molecule has 0 aromatic heterocycles. The van der Waals surface area contributed by atoms with Gasteiger partial charge in [-0.15, -0.1) is 0 Å². The second-order valence-corrected chi connectivity index (χ2v) is 3.68. The smallest absolute Gasteiger partial charge is 0.307 e. The Labute approximate surface area is 74.9 Å². The van der Waals surface area contributed by atoms with Gasteiger partial charge in [0.15, 0.2) is 0 Å². The zero-order valence-electron chi connectivity index (χ0n) is 6.88. The fourth-order valence-corrected chi connectivity index (χ4v) is 2.50. The molecule has 0 saturated heterocycles. The van der Waals surface area contributed by atoms with Gasteiger partial charge in [0.1, 0.15) is 0 Å². The van der Waals surface area contributed by atoms with Crippen LogP contribution < -0.4 is 0 Å². The number of carboxylic acid groups (broad SMARTS) is 2. The fraction of sp³-hybridized carbons (Fsp3) is 0.556. The van der Waals surface area contributed by atoms with Crippen LogP contribution in [-0.4, -0.2) is 22.2 Å². The van der Waals surface area contributed by atoms with Gasteiger partial charge in [-0.2, -0.15) is 0 Å². The van der Waals surface area contributed by atoms with Crippen molar-refractivity contribution in [1.29, 1.82) is 0 Å². The standard InChI is InChI=1S/C9H10O4/c10-8(11)6-4-1-2-5(3-4)7(6)9(12)13/h1-2,4-7H,3H2,(H,10,11)(H,12,13)/t4-,5-,6?,7?/m0/s1. The Hall–Kier alpha value is -1.32. The summed E-state index contributed by atoms with van der Waals surface area (Å²) in [6.45, 7) is 0. The van der Waals surface area contributed by atoms with Crippen molar-refractivity contribution < 1.29 is 19.8 Å². The molecule has 2 unspecified atom stereocenters.